The second kappa shape index (κ2) is 6.96. The fraction of sp³-hybridized carbons (Fsp3) is 0.500. The number of hydrogen-bond acceptors (Lipinski definition) is 6. The van der Waals surface area contributed by atoms with E-state index in [1.807, 2.05) is 0 Å². The van der Waals surface area contributed by atoms with Gasteiger partial charge in [0.15, 0.2) is 0 Å². The lowest BCUT2D eigenvalue weighted by molar-refractivity contribution is -0.139. The van der Waals surface area contributed by atoms with Crippen molar-refractivity contribution < 1.29 is 27.5 Å². The van der Waals surface area contributed by atoms with Crippen LogP contribution in [0, 0.1) is 0 Å². The van der Waals surface area contributed by atoms with E-state index in [1.54, 1.807) is 0 Å². The highest BCUT2D eigenvalue weighted by atomic mass is 32.2. The Morgan fingerprint density at radius 3 is 2.31 bits per heavy atom. The minimum atomic E-state index is -3.54. The molecule has 0 unspecified atom stereocenters. The van der Waals surface area contributed by atoms with Crippen LogP contribution in [0.4, 0.5) is 0 Å². The van der Waals surface area contributed by atoms with Crippen molar-refractivity contribution in [2.75, 3.05) is 19.5 Å². The lowest BCUT2D eigenvalue weighted by atomic mass is 10.5. The molecule has 0 rings (SSSR count). The molecule has 0 fully saturated rings. The van der Waals surface area contributed by atoms with Gasteiger partial charge in [-0.2, -0.15) is 0 Å². The van der Waals surface area contributed by atoms with E-state index in [2.05, 4.69) is 9.47 Å². The molecule has 0 aromatic heterocycles. The summed E-state index contributed by atoms with van der Waals surface area (Å²) in [5, 5.41) is 4.73. The molecular formula is C8H13NO6S. The van der Waals surface area contributed by atoms with Crippen molar-refractivity contribution in [1.82, 2.24) is 0 Å². The van der Waals surface area contributed by atoms with Crippen LogP contribution in [0.2, 0.25) is 0 Å². The predicted octanol–water partition coefficient (Wildman–Crippen LogP) is -1.06. The van der Waals surface area contributed by atoms with Crippen molar-refractivity contribution >= 4 is 22.0 Å². The standard InChI is InChI=1S/C8H13NO6S/c1-14-7(10)3-4-8(11)15-5-2-6-16(9,12)13/h3-4H,2,5-6H2,1H3,(H2,9,12,13)/b4-3+. The molecule has 0 aromatic rings. The van der Waals surface area contributed by atoms with Crippen LogP contribution in [0.5, 0.6) is 0 Å². The third kappa shape index (κ3) is 9.16. The molecule has 0 aliphatic rings. The van der Waals surface area contributed by atoms with Crippen LogP contribution in [-0.2, 0) is 29.1 Å². The first-order valence-corrected chi connectivity index (χ1v) is 6.00. The summed E-state index contributed by atoms with van der Waals surface area (Å²) in [6, 6.07) is 0. The third-order valence-electron chi connectivity index (χ3n) is 1.37. The molecule has 2 N–H and O–H groups in total. The highest BCUT2D eigenvalue weighted by molar-refractivity contribution is 7.89. The Kier molecular flexibility index (Phi) is 6.35. The summed E-state index contributed by atoms with van der Waals surface area (Å²) in [5.74, 6) is -1.69. The molecule has 0 radical (unpaired) electrons. The van der Waals surface area contributed by atoms with Gasteiger partial charge >= 0.3 is 11.9 Å². The molecule has 0 spiro atoms. The molecule has 0 amide bonds. The number of hydrogen-bond donors (Lipinski definition) is 1. The van der Waals surface area contributed by atoms with Crippen LogP contribution in [0.1, 0.15) is 6.42 Å². The Morgan fingerprint density at radius 2 is 1.81 bits per heavy atom. The summed E-state index contributed by atoms with van der Waals surface area (Å²) in [6.45, 7) is -0.0826. The van der Waals surface area contributed by atoms with Crippen LogP contribution in [0.3, 0.4) is 0 Å². The molecule has 8 heteroatoms. The normalized spacial score (nSPS) is 11.4. The summed E-state index contributed by atoms with van der Waals surface area (Å²) < 4.78 is 29.8. The SMILES string of the molecule is COC(=O)/C=C/C(=O)OCCCS(N)(=O)=O. The largest absolute Gasteiger partial charge is 0.466 e. The predicted molar refractivity (Wildman–Crippen MR) is 54.7 cm³/mol. The summed E-state index contributed by atoms with van der Waals surface area (Å²) in [6.07, 6.45) is 1.90. The number of nitrogens with two attached hydrogens (primary N) is 1. The number of carbonyl (C=O) groups excluding carboxylic acids is 2. The van der Waals surface area contributed by atoms with Gasteiger partial charge in [-0.15, -0.1) is 0 Å². The van der Waals surface area contributed by atoms with Gasteiger partial charge in [-0.1, -0.05) is 0 Å². The van der Waals surface area contributed by atoms with Crippen molar-refractivity contribution in [3.05, 3.63) is 12.2 Å². The highest BCUT2D eigenvalue weighted by Gasteiger charge is 2.03. The van der Waals surface area contributed by atoms with E-state index in [0.29, 0.717) is 0 Å². The minimum absolute atomic E-state index is 0.0826. The number of ether oxygens (including phenoxy) is 2. The first-order valence-electron chi connectivity index (χ1n) is 4.28. The second-order valence-corrected chi connectivity index (χ2v) is 4.48. The smallest absolute Gasteiger partial charge is 0.331 e. The van der Waals surface area contributed by atoms with Crippen molar-refractivity contribution in [2.24, 2.45) is 5.14 Å². The zero-order chi connectivity index (χ0) is 12.6. The van der Waals surface area contributed by atoms with Crippen LogP contribution in [0.25, 0.3) is 0 Å². The maximum atomic E-state index is 10.9. The Labute approximate surface area is 93.3 Å². The van der Waals surface area contributed by atoms with E-state index in [1.165, 1.54) is 7.11 Å². The van der Waals surface area contributed by atoms with Crippen molar-refractivity contribution in [3.8, 4) is 0 Å². The lowest BCUT2D eigenvalue weighted by Gasteiger charge is -2.00. The van der Waals surface area contributed by atoms with E-state index in [-0.39, 0.29) is 18.8 Å². The molecule has 0 bridgehead atoms. The summed E-state index contributed by atoms with van der Waals surface area (Å²) in [4.78, 5) is 21.5. The van der Waals surface area contributed by atoms with E-state index >= 15 is 0 Å². The van der Waals surface area contributed by atoms with Gasteiger partial charge in [0.1, 0.15) is 0 Å². The van der Waals surface area contributed by atoms with E-state index in [4.69, 9.17) is 5.14 Å². The Hall–Kier alpha value is -1.41. The minimum Gasteiger partial charge on any atom is -0.466 e. The second-order valence-electron chi connectivity index (χ2n) is 2.74. The van der Waals surface area contributed by atoms with E-state index in [0.717, 1.165) is 12.2 Å². The number of rotatable bonds is 6. The summed E-state index contributed by atoms with van der Waals surface area (Å²) in [5.41, 5.74) is 0. The Bertz CT molecular complexity index is 372. The lowest BCUT2D eigenvalue weighted by Crippen LogP contribution is -2.18. The fourth-order valence-corrected chi connectivity index (χ4v) is 1.21. The van der Waals surface area contributed by atoms with Crippen molar-refractivity contribution in [2.45, 2.75) is 6.42 Å². The van der Waals surface area contributed by atoms with Gasteiger partial charge in [0, 0.05) is 12.2 Å². The van der Waals surface area contributed by atoms with Crippen LogP contribution in [-0.4, -0.2) is 39.8 Å². The van der Waals surface area contributed by atoms with Crippen LogP contribution in [0.15, 0.2) is 12.2 Å². The van der Waals surface area contributed by atoms with Crippen molar-refractivity contribution in [1.29, 1.82) is 0 Å². The van der Waals surface area contributed by atoms with Gasteiger partial charge in [0.05, 0.1) is 19.5 Å². The van der Waals surface area contributed by atoms with Crippen molar-refractivity contribution in [3.63, 3.8) is 0 Å². The molecule has 7 nitrogen and oxygen atoms in total. The van der Waals surface area contributed by atoms with E-state index < -0.39 is 22.0 Å². The first kappa shape index (κ1) is 14.6. The maximum absolute atomic E-state index is 10.9. The maximum Gasteiger partial charge on any atom is 0.331 e. The number of methoxy groups -OCH3 is 1. The van der Waals surface area contributed by atoms with E-state index in [9.17, 15) is 18.0 Å². The molecule has 92 valence electrons. The average molecular weight is 251 g/mol. The van der Waals surface area contributed by atoms with Gasteiger partial charge in [-0.3, -0.25) is 0 Å². The molecule has 0 aliphatic heterocycles. The van der Waals surface area contributed by atoms with Gasteiger partial charge < -0.3 is 9.47 Å². The molecule has 0 saturated carbocycles. The summed E-state index contributed by atoms with van der Waals surface area (Å²) >= 11 is 0. The quantitative estimate of drug-likeness (QED) is 0.365. The third-order valence-corrected chi connectivity index (χ3v) is 2.23. The molecular weight excluding hydrogens is 238 g/mol. The zero-order valence-corrected chi connectivity index (χ0v) is 9.53. The van der Waals surface area contributed by atoms with Gasteiger partial charge in [-0.05, 0) is 6.42 Å². The molecule has 0 heterocycles. The van der Waals surface area contributed by atoms with Crippen LogP contribution >= 0.6 is 0 Å². The number of esters is 2. The number of carbonyl (C=O) groups is 2. The average Bonchev–Trinajstić information content (AvgIpc) is 2.19. The van der Waals surface area contributed by atoms with Gasteiger partial charge in [0.2, 0.25) is 10.0 Å². The first-order chi connectivity index (χ1) is 7.35. The highest BCUT2D eigenvalue weighted by Crippen LogP contribution is 1.90. The fourth-order valence-electron chi connectivity index (χ4n) is 0.685. The molecule has 16 heavy (non-hydrogen) atoms. The topological polar surface area (TPSA) is 113 Å². The molecule has 0 saturated heterocycles. The Morgan fingerprint density at radius 1 is 1.25 bits per heavy atom. The van der Waals surface area contributed by atoms with Crippen LogP contribution < -0.4 is 5.14 Å². The Balaban J connectivity index is 3.75. The number of sulfonamides is 1. The summed E-state index contributed by atoms with van der Waals surface area (Å²) in [7, 11) is -2.36. The van der Waals surface area contributed by atoms with Gasteiger partial charge in [-0.25, -0.2) is 23.1 Å². The zero-order valence-electron chi connectivity index (χ0n) is 8.71. The molecule has 0 atom stereocenters. The molecule has 0 aromatic carbocycles. The number of primary sulfonamides is 1. The monoisotopic (exact) mass is 251 g/mol. The molecule has 0 aliphatic carbocycles. The van der Waals surface area contributed by atoms with Gasteiger partial charge in [0.25, 0.3) is 0 Å².